The average molecular weight is 467 g/mol. The molecule has 1 fully saturated rings. The molecule has 0 radical (unpaired) electrons. The first kappa shape index (κ1) is 25.6. The molecule has 1 saturated carbocycles. The molecule has 1 aliphatic rings. The molecule has 184 valence electrons. The number of carbonyl (C=O) groups excluding carboxylic acids is 2. The predicted molar refractivity (Wildman–Crippen MR) is 134 cm³/mol. The molecule has 0 spiro atoms. The van der Waals surface area contributed by atoms with Crippen LogP contribution in [0.2, 0.25) is 0 Å². The highest BCUT2D eigenvalue weighted by atomic mass is 16.5. The Labute approximate surface area is 203 Å². The van der Waals surface area contributed by atoms with Crippen LogP contribution in [-0.2, 0) is 16.0 Å². The Morgan fingerprint density at radius 1 is 1.00 bits per heavy atom. The Morgan fingerprint density at radius 3 is 2.35 bits per heavy atom. The third-order valence-corrected chi connectivity index (χ3v) is 6.47. The van der Waals surface area contributed by atoms with E-state index in [2.05, 4.69) is 17.4 Å². The van der Waals surface area contributed by atoms with E-state index in [1.807, 2.05) is 49.4 Å². The zero-order chi connectivity index (χ0) is 24.2. The summed E-state index contributed by atoms with van der Waals surface area (Å²) in [6.45, 7) is 2.80. The number of ether oxygens (including phenoxy) is 2. The Hall–Kier alpha value is -3.02. The molecule has 34 heavy (non-hydrogen) atoms. The molecular formula is C28H38N2O4. The van der Waals surface area contributed by atoms with E-state index in [-0.39, 0.29) is 17.9 Å². The molecule has 0 aromatic heterocycles. The van der Waals surface area contributed by atoms with Crippen LogP contribution in [-0.4, -0.2) is 49.1 Å². The molecule has 6 heteroatoms. The molecule has 0 heterocycles. The van der Waals surface area contributed by atoms with Crippen molar-refractivity contribution in [2.75, 3.05) is 20.3 Å². The Balaban J connectivity index is 1.54. The number of hydrogen-bond acceptors (Lipinski definition) is 4. The largest absolute Gasteiger partial charge is 0.497 e. The number of benzene rings is 2. The smallest absolute Gasteiger partial charge is 0.242 e. The Kier molecular flexibility index (Phi) is 10.3. The van der Waals surface area contributed by atoms with Crippen LogP contribution in [0.25, 0.3) is 0 Å². The van der Waals surface area contributed by atoms with Crippen molar-refractivity contribution < 1.29 is 19.1 Å². The van der Waals surface area contributed by atoms with E-state index in [1.165, 1.54) is 6.42 Å². The second kappa shape index (κ2) is 13.6. The van der Waals surface area contributed by atoms with Crippen LogP contribution in [0.1, 0.15) is 57.4 Å². The maximum absolute atomic E-state index is 13.2. The summed E-state index contributed by atoms with van der Waals surface area (Å²) in [7, 11) is 1.63. The number of amides is 2. The van der Waals surface area contributed by atoms with Crippen LogP contribution in [0.3, 0.4) is 0 Å². The number of carbonyl (C=O) groups is 2. The fourth-order valence-electron chi connectivity index (χ4n) is 4.37. The van der Waals surface area contributed by atoms with E-state index in [1.54, 1.807) is 12.0 Å². The van der Waals surface area contributed by atoms with Crippen molar-refractivity contribution in [3.8, 4) is 11.5 Å². The molecule has 3 rings (SSSR count). The van der Waals surface area contributed by atoms with E-state index in [4.69, 9.17) is 9.47 Å². The lowest BCUT2D eigenvalue weighted by Gasteiger charge is -2.31. The summed E-state index contributed by atoms with van der Waals surface area (Å²) in [5.41, 5.74) is 1.16. The number of methoxy groups -OCH3 is 1. The topological polar surface area (TPSA) is 67.9 Å². The molecule has 0 unspecified atom stereocenters. The maximum atomic E-state index is 13.2. The van der Waals surface area contributed by atoms with E-state index in [0.717, 1.165) is 49.2 Å². The zero-order valence-electron chi connectivity index (χ0n) is 20.5. The highest BCUT2D eigenvalue weighted by molar-refractivity contribution is 5.87. The van der Waals surface area contributed by atoms with Gasteiger partial charge in [-0.25, -0.2) is 0 Å². The van der Waals surface area contributed by atoms with Gasteiger partial charge < -0.3 is 19.7 Å². The quantitative estimate of drug-likeness (QED) is 0.458. The van der Waals surface area contributed by atoms with Gasteiger partial charge in [-0.1, -0.05) is 49.6 Å². The van der Waals surface area contributed by atoms with Gasteiger partial charge in [0.2, 0.25) is 11.8 Å². The number of nitrogens with zero attached hydrogens (tertiary/aromatic N) is 1. The lowest BCUT2D eigenvalue weighted by atomic mass is 9.95. The van der Waals surface area contributed by atoms with Gasteiger partial charge in [-0.05, 0) is 62.4 Å². The second-order valence-electron chi connectivity index (χ2n) is 8.97. The van der Waals surface area contributed by atoms with Crippen molar-refractivity contribution in [3.63, 3.8) is 0 Å². The zero-order valence-corrected chi connectivity index (χ0v) is 20.5. The molecule has 1 aliphatic carbocycles. The minimum atomic E-state index is -0.499. The van der Waals surface area contributed by atoms with E-state index in [0.29, 0.717) is 26.0 Å². The van der Waals surface area contributed by atoms with Crippen molar-refractivity contribution in [1.29, 1.82) is 0 Å². The molecule has 1 atom stereocenters. The normalized spacial score (nSPS) is 14.8. The van der Waals surface area contributed by atoms with Crippen molar-refractivity contribution >= 4 is 11.8 Å². The van der Waals surface area contributed by atoms with Crippen LogP contribution in [0, 0.1) is 0 Å². The highest BCUT2D eigenvalue weighted by Gasteiger charge is 2.27. The molecule has 2 aromatic rings. The van der Waals surface area contributed by atoms with E-state index >= 15 is 0 Å². The van der Waals surface area contributed by atoms with Crippen LogP contribution >= 0.6 is 0 Å². The van der Waals surface area contributed by atoms with Gasteiger partial charge in [0.15, 0.2) is 0 Å². The summed E-state index contributed by atoms with van der Waals surface area (Å²) in [4.78, 5) is 27.9. The van der Waals surface area contributed by atoms with Gasteiger partial charge in [-0.3, -0.25) is 9.59 Å². The summed E-state index contributed by atoms with van der Waals surface area (Å²) in [6.07, 6.45) is 7.25. The molecule has 2 amide bonds. The minimum Gasteiger partial charge on any atom is -0.497 e. The monoisotopic (exact) mass is 466 g/mol. The average Bonchev–Trinajstić information content (AvgIpc) is 2.88. The third kappa shape index (κ3) is 8.08. The lowest BCUT2D eigenvalue weighted by Crippen LogP contribution is -2.51. The Morgan fingerprint density at radius 2 is 1.68 bits per heavy atom. The van der Waals surface area contributed by atoms with Gasteiger partial charge in [-0.15, -0.1) is 0 Å². The van der Waals surface area contributed by atoms with Gasteiger partial charge in [0.1, 0.15) is 17.5 Å². The molecule has 2 aromatic carbocycles. The van der Waals surface area contributed by atoms with Gasteiger partial charge in [0.05, 0.1) is 13.7 Å². The molecule has 0 bridgehead atoms. The van der Waals surface area contributed by atoms with Crippen molar-refractivity contribution in [1.82, 2.24) is 10.2 Å². The fraction of sp³-hybridized carbons (Fsp3) is 0.500. The van der Waals surface area contributed by atoms with Crippen LogP contribution in [0.4, 0.5) is 0 Å². The molecule has 1 N–H and O–H groups in total. The first-order valence-corrected chi connectivity index (χ1v) is 12.5. The van der Waals surface area contributed by atoms with Crippen LogP contribution < -0.4 is 14.8 Å². The molecule has 0 saturated heterocycles. The maximum Gasteiger partial charge on any atom is 0.242 e. The van der Waals surface area contributed by atoms with Crippen LogP contribution in [0.15, 0.2) is 54.6 Å². The number of hydrogen-bond donors (Lipinski definition) is 1. The lowest BCUT2D eigenvalue weighted by molar-refractivity contribution is -0.140. The second-order valence-corrected chi connectivity index (χ2v) is 8.97. The summed E-state index contributed by atoms with van der Waals surface area (Å²) in [5, 5.41) is 3.18. The SMILES string of the molecule is COc1ccc(OCCCC(=O)N(CCc2ccccc2)[C@@H](C)C(=O)NC2CCCCC2)cc1. The first-order valence-electron chi connectivity index (χ1n) is 12.5. The highest BCUT2D eigenvalue weighted by Crippen LogP contribution is 2.19. The number of nitrogens with one attached hydrogen (secondary N) is 1. The van der Waals surface area contributed by atoms with E-state index < -0.39 is 6.04 Å². The summed E-state index contributed by atoms with van der Waals surface area (Å²) >= 11 is 0. The van der Waals surface area contributed by atoms with Gasteiger partial charge >= 0.3 is 0 Å². The third-order valence-electron chi connectivity index (χ3n) is 6.47. The predicted octanol–water partition coefficient (Wildman–Crippen LogP) is 4.76. The van der Waals surface area contributed by atoms with E-state index in [9.17, 15) is 9.59 Å². The molecular weight excluding hydrogens is 428 g/mol. The summed E-state index contributed by atoms with van der Waals surface area (Å²) < 4.78 is 10.9. The number of rotatable bonds is 12. The standard InChI is InChI=1S/C28H38N2O4/c1-22(28(32)29-24-12-7-4-8-13-24)30(20-19-23-10-5-3-6-11-23)27(31)14-9-21-34-26-17-15-25(33-2)16-18-26/h3,5-6,10-11,15-18,22,24H,4,7-9,12-14,19-21H2,1-2H3,(H,29,32)/t22-/m0/s1. The van der Waals surface area contributed by atoms with Gasteiger partial charge in [0, 0.05) is 19.0 Å². The van der Waals surface area contributed by atoms with Crippen LogP contribution in [0.5, 0.6) is 11.5 Å². The van der Waals surface area contributed by atoms with Crippen molar-refractivity contribution in [2.45, 2.75) is 70.4 Å². The van der Waals surface area contributed by atoms with Crippen molar-refractivity contribution in [3.05, 3.63) is 60.2 Å². The van der Waals surface area contributed by atoms with Gasteiger partial charge in [0.25, 0.3) is 0 Å². The molecule has 0 aliphatic heterocycles. The minimum absolute atomic E-state index is 0.0134. The van der Waals surface area contributed by atoms with Gasteiger partial charge in [-0.2, -0.15) is 0 Å². The first-order chi connectivity index (χ1) is 16.6. The summed E-state index contributed by atoms with van der Waals surface area (Å²) in [6, 6.07) is 17.2. The van der Waals surface area contributed by atoms with Crippen molar-refractivity contribution in [2.24, 2.45) is 0 Å². The summed E-state index contributed by atoms with van der Waals surface area (Å²) in [5.74, 6) is 1.45. The Bertz CT molecular complexity index is 879. The fourth-order valence-corrected chi connectivity index (χ4v) is 4.37. The molecule has 6 nitrogen and oxygen atoms in total.